The molecule has 3 aromatic rings. The minimum Gasteiger partial charge on any atom is -0.494 e. The number of benzene rings is 2. The number of rotatable bonds is 4. The fraction of sp³-hybridized carbons (Fsp3) is 0.333. The second-order valence-corrected chi connectivity index (χ2v) is 6.82. The first-order valence-corrected chi connectivity index (χ1v) is 9.11. The summed E-state index contributed by atoms with van der Waals surface area (Å²) in [6.45, 7) is 6.98. The highest BCUT2D eigenvalue weighted by molar-refractivity contribution is 5.41. The van der Waals surface area contributed by atoms with Gasteiger partial charge in [-0.25, -0.2) is 4.68 Å². The Labute approximate surface area is 154 Å². The number of hydrogen-bond acceptors (Lipinski definition) is 4. The third-order valence-corrected chi connectivity index (χ3v) is 5.14. The molecule has 2 aromatic carbocycles. The Balaban J connectivity index is 1.67. The maximum atomic E-state index is 5.57. The highest BCUT2D eigenvalue weighted by Gasteiger charge is 2.30. The Morgan fingerprint density at radius 2 is 1.85 bits per heavy atom. The van der Waals surface area contributed by atoms with E-state index in [-0.39, 0.29) is 12.1 Å². The van der Waals surface area contributed by atoms with Gasteiger partial charge in [-0.15, -0.1) is 0 Å². The number of anilines is 1. The third kappa shape index (κ3) is 3.05. The van der Waals surface area contributed by atoms with Crippen LogP contribution >= 0.6 is 0 Å². The van der Waals surface area contributed by atoms with Crippen molar-refractivity contribution in [3.05, 3.63) is 71.0 Å². The molecule has 0 fully saturated rings. The molecule has 0 saturated heterocycles. The van der Waals surface area contributed by atoms with Gasteiger partial charge in [-0.05, 0) is 61.6 Å². The lowest BCUT2D eigenvalue weighted by Gasteiger charge is -2.32. The van der Waals surface area contributed by atoms with E-state index in [1.165, 1.54) is 22.3 Å². The predicted molar refractivity (Wildman–Crippen MR) is 103 cm³/mol. The SMILES string of the molecule is CCOc1ccc(C2CC(c3ccc(C)c(C)c3)Nc3ncnn32)cc1. The van der Waals surface area contributed by atoms with E-state index in [0.29, 0.717) is 6.61 Å². The van der Waals surface area contributed by atoms with E-state index in [1.807, 2.05) is 23.7 Å². The molecule has 2 unspecified atom stereocenters. The molecular weight excluding hydrogens is 324 g/mol. The standard InChI is InChI=1S/C21H24N4O/c1-4-26-18-9-7-16(8-10-18)20-12-19(24-21-22-13-23-25(20)21)17-6-5-14(2)15(3)11-17/h5-11,13,19-20H,4,12H2,1-3H3,(H,22,23,24). The Bertz CT molecular complexity index is 901. The molecule has 1 N–H and O–H groups in total. The van der Waals surface area contributed by atoms with Crippen LogP contribution in [0.5, 0.6) is 5.75 Å². The third-order valence-electron chi connectivity index (χ3n) is 5.14. The summed E-state index contributed by atoms with van der Waals surface area (Å²) >= 11 is 0. The topological polar surface area (TPSA) is 52.0 Å². The quantitative estimate of drug-likeness (QED) is 0.757. The van der Waals surface area contributed by atoms with Crippen molar-refractivity contribution in [2.24, 2.45) is 0 Å². The fourth-order valence-corrected chi connectivity index (χ4v) is 3.55. The van der Waals surface area contributed by atoms with Crippen LogP contribution in [0.2, 0.25) is 0 Å². The monoisotopic (exact) mass is 348 g/mol. The van der Waals surface area contributed by atoms with Gasteiger partial charge < -0.3 is 10.1 Å². The summed E-state index contributed by atoms with van der Waals surface area (Å²) in [5.74, 6) is 1.72. The van der Waals surface area contributed by atoms with E-state index in [0.717, 1.165) is 18.1 Å². The molecule has 26 heavy (non-hydrogen) atoms. The van der Waals surface area contributed by atoms with Gasteiger partial charge in [0.05, 0.1) is 18.7 Å². The highest BCUT2D eigenvalue weighted by atomic mass is 16.5. The summed E-state index contributed by atoms with van der Waals surface area (Å²) in [6.07, 6.45) is 2.54. The van der Waals surface area contributed by atoms with Crippen LogP contribution in [0.15, 0.2) is 48.8 Å². The van der Waals surface area contributed by atoms with E-state index in [2.05, 4.69) is 59.6 Å². The van der Waals surface area contributed by atoms with Gasteiger partial charge in [-0.2, -0.15) is 10.1 Å². The van der Waals surface area contributed by atoms with E-state index in [1.54, 1.807) is 6.33 Å². The molecule has 5 nitrogen and oxygen atoms in total. The van der Waals surface area contributed by atoms with E-state index in [9.17, 15) is 0 Å². The second kappa shape index (κ2) is 6.83. The molecule has 1 aliphatic heterocycles. The van der Waals surface area contributed by atoms with Crippen LogP contribution in [0, 0.1) is 13.8 Å². The van der Waals surface area contributed by atoms with E-state index < -0.39 is 0 Å². The number of nitrogens with zero attached hydrogens (tertiary/aromatic N) is 3. The summed E-state index contributed by atoms with van der Waals surface area (Å²) in [5.41, 5.74) is 5.14. The van der Waals surface area contributed by atoms with Crippen molar-refractivity contribution in [3.8, 4) is 5.75 Å². The maximum absolute atomic E-state index is 5.57. The van der Waals surface area contributed by atoms with Crippen LogP contribution in [-0.2, 0) is 0 Å². The molecule has 0 bridgehead atoms. The first-order valence-electron chi connectivity index (χ1n) is 9.11. The largest absolute Gasteiger partial charge is 0.494 e. The zero-order chi connectivity index (χ0) is 18.1. The van der Waals surface area contributed by atoms with Crippen molar-refractivity contribution in [1.29, 1.82) is 0 Å². The van der Waals surface area contributed by atoms with Crippen molar-refractivity contribution < 1.29 is 4.74 Å². The summed E-state index contributed by atoms with van der Waals surface area (Å²) in [7, 11) is 0. The minimum atomic E-state index is 0.149. The lowest BCUT2D eigenvalue weighted by Crippen LogP contribution is -2.28. The molecule has 2 atom stereocenters. The van der Waals surface area contributed by atoms with Gasteiger partial charge in [0, 0.05) is 0 Å². The van der Waals surface area contributed by atoms with Crippen molar-refractivity contribution in [2.75, 3.05) is 11.9 Å². The lowest BCUT2D eigenvalue weighted by molar-refractivity contribution is 0.340. The molecule has 2 heterocycles. The van der Waals surface area contributed by atoms with Gasteiger partial charge in [-0.3, -0.25) is 0 Å². The number of aryl methyl sites for hydroxylation is 2. The molecule has 0 amide bonds. The van der Waals surface area contributed by atoms with Crippen LogP contribution in [0.3, 0.4) is 0 Å². The average Bonchev–Trinajstić information content (AvgIpc) is 3.13. The van der Waals surface area contributed by atoms with Gasteiger partial charge in [0.25, 0.3) is 0 Å². The van der Waals surface area contributed by atoms with Gasteiger partial charge in [0.15, 0.2) is 0 Å². The Hall–Kier alpha value is -2.82. The predicted octanol–water partition coefficient (Wildman–Crippen LogP) is 4.44. The first kappa shape index (κ1) is 16.6. The number of hydrogen-bond donors (Lipinski definition) is 1. The van der Waals surface area contributed by atoms with Crippen molar-refractivity contribution in [3.63, 3.8) is 0 Å². The van der Waals surface area contributed by atoms with Gasteiger partial charge >= 0.3 is 0 Å². The number of fused-ring (bicyclic) bond motifs is 1. The smallest absolute Gasteiger partial charge is 0.222 e. The van der Waals surface area contributed by atoms with Gasteiger partial charge in [-0.1, -0.05) is 30.3 Å². The lowest BCUT2D eigenvalue weighted by atomic mass is 9.92. The molecule has 0 radical (unpaired) electrons. The first-order chi connectivity index (χ1) is 12.7. The van der Waals surface area contributed by atoms with E-state index in [4.69, 9.17) is 4.74 Å². The maximum Gasteiger partial charge on any atom is 0.222 e. The molecule has 1 aromatic heterocycles. The molecule has 1 aliphatic rings. The summed E-state index contributed by atoms with van der Waals surface area (Å²) in [5, 5.41) is 7.98. The van der Waals surface area contributed by atoms with Crippen molar-refractivity contribution >= 4 is 5.95 Å². The zero-order valence-corrected chi connectivity index (χ0v) is 15.4. The van der Waals surface area contributed by atoms with Crippen molar-refractivity contribution in [2.45, 2.75) is 39.3 Å². The zero-order valence-electron chi connectivity index (χ0n) is 15.4. The summed E-state index contributed by atoms with van der Waals surface area (Å²) in [6, 6.07) is 15.4. The fourth-order valence-electron chi connectivity index (χ4n) is 3.55. The summed E-state index contributed by atoms with van der Waals surface area (Å²) in [4.78, 5) is 4.41. The van der Waals surface area contributed by atoms with Crippen molar-refractivity contribution in [1.82, 2.24) is 14.8 Å². The second-order valence-electron chi connectivity index (χ2n) is 6.82. The number of aromatic nitrogens is 3. The Kier molecular flexibility index (Phi) is 4.37. The van der Waals surface area contributed by atoms with Crippen LogP contribution in [0.4, 0.5) is 5.95 Å². The van der Waals surface area contributed by atoms with Gasteiger partial charge in [0.1, 0.15) is 12.1 Å². The van der Waals surface area contributed by atoms with Crippen LogP contribution in [0.1, 0.15) is 47.7 Å². The van der Waals surface area contributed by atoms with E-state index >= 15 is 0 Å². The molecular formula is C21H24N4O. The molecule has 5 heteroatoms. The molecule has 0 saturated carbocycles. The minimum absolute atomic E-state index is 0.149. The van der Waals surface area contributed by atoms with Gasteiger partial charge in [0.2, 0.25) is 5.95 Å². The molecule has 4 rings (SSSR count). The normalized spacial score (nSPS) is 18.9. The number of ether oxygens (including phenoxy) is 1. The van der Waals surface area contributed by atoms with Crippen LogP contribution in [-0.4, -0.2) is 21.4 Å². The van der Waals surface area contributed by atoms with Crippen LogP contribution < -0.4 is 10.1 Å². The average molecular weight is 348 g/mol. The van der Waals surface area contributed by atoms with Crippen LogP contribution in [0.25, 0.3) is 0 Å². The Morgan fingerprint density at radius 3 is 2.58 bits per heavy atom. The highest BCUT2D eigenvalue weighted by Crippen LogP contribution is 2.38. The number of nitrogens with one attached hydrogen (secondary N) is 1. The Morgan fingerprint density at radius 1 is 1.08 bits per heavy atom. The molecule has 0 spiro atoms. The molecule has 134 valence electrons. The summed E-state index contributed by atoms with van der Waals surface area (Å²) < 4.78 is 7.55. The molecule has 0 aliphatic carbocycles.